The van der Waals surface area contributed by atoms with E-state index in [2.05, 4.69) is 79.7 Å². The second-order valence-electron chi connectivity index (χ2n) is 20.8. The van der Waals surface area contributed by atoms with Gasteiger partial charge in [-0.2, -0.15) is 0 Å². The van der Waals surface area contributed by atoms with Crippen molar-refractivity contribution in [3.8, 4) is 28.1 Å². The van der Waals surface area contributed by atoms with Gasteiger partial charge in [0.25, 0.3) is 5.91 Å². The Balaban J connectivity index is 1.34. The number of carbonyl (C=O) groups excluding carboxylic acids is 5. The number of hydrogen-bond donors (Lipinski definition) is 3. The molecule has 3 N–H and O–H groups in total. The Morgan fingerprint density at radius 1 is 1.06 bits per heavy atom. The van der Waals surface area contributed by atoms with Crippen LogP contribution in [0.2, 0.25) is 0 Å². The quantitative estimate of drug-likeness (QED) is 0.0995. The van der Waals surface area contributed by atoms with E-state index in [1.807, 2.05) is 39.1 Å². The first-order valence-electron chi connectivity index (χ1n) is 25.2. The van der Waals surface area contributed by atoms with Crippen molar-refractivity contribution in [2.24, 2.45) is 17.3 Å². The van der Waals surface area contributed by atoms with Crippen molar-refractivity contribution >= 4 is 40.5 Å². The van der Waals surface area contributed by atoms with Crippen LogP contribution in [0.1, 0.15) is 96.2 Å². The fourth-order valence-electron chi connectivity index (χ4n) is 10.6. The van der Waals surface area contributed by atoms with E-state index in [9.17, 15) is 29.1 Å². The Morgan fingerprint density at radius 3 is 2.51 bits per heavy atom. The highest BCUT2D eigenvalue weighted by Crippen LogP contribution is 2.43. The number of rotatable bonds is 13. The van der Waals surface area contributed by atoms with Crippen LogP contribution in [0.15, 0.2) is 61.3 Å². The van der Waals surface area contributed by atoms with Gasteiger partial charge in [0.2, 0.25) is 17.7 Å². The summed E-state index contributed by atoms with van der Waals surface area (Å²) in [6.07, 6.45) is 4.76. The van der Waals surface area contributed by atoms with Gasteiger partial charge in [0, 0.05) is 81.4 Å². The van der Waals surface area contributed by atoms with E-state index < -0.39 is 47.2 Å². The minimum atomic E-state index is -1.17. The number of amides is 4. The molecule has 5 heterocycles. The molecular formula is C55H74N8O8. The van der Waals surface area contributed by atoms with Gasteiger partial charge in [-0.1, -0.05) is 53.3 Å². The number of cyclic esters (lactones) is 1. The Morgan fingerprint density at radius 2 is 1.82 bits per heavy atom. The van der Waals surface area contributed by atoms with E-state index in [0.717, 1.165) is 51.1 Å². The molecule has 3 aliphatic heterocycles. The third kappa shape index (κ3) is 11.5. The number of pyridine rings is 1. The highest BCUT2D eigenvalue weighted by Gasteiger charge is 2.40. The molecule has 0 saturated carbocycles. The number of phenols is 1. The fraction of sp³-hybridized carbons (Fsp3) is 0.527. The molecular weight excluding hydrogens is 901 g/mol. The molecule has 2 aromatic heterocycles. The monoisotopic (exact) mass is 975 g/mol. The zero-order valence-electron chi connectivity index (χ0n) is 43.3. The molecule has 4 aromatic rings. The number of likely N-dealkylation sites (N-methyl/N-ethyl adjacent to an activating group) is 1. The van der Waals surface area contributed by atoms with Gasteiger partial charge < -0.3 is 39.2 Å². The van der Waals surface area contributed by atoms with Gasteiger partial charge in [0.1, 0.15) is 23.9 Å². The molecule has 16 nitrogen and oxygen atoms in total. The van der Waals surface area contributed by atoms with Gasteiger partial charge in [0.15, 0.2) is 0 Å². The third-order valence-electron chi connectivity index (χ3n) is 14.5. The number of carbonyl (C=O) groups is 5. The average molecular weight is 975 g/mol. The minimum absolute atomic E-state index is 0.0133. The van der Waals surface area contributed by atoms with Crippen LogP contribution < -0.4 is 10.7 Å². The van der Waals surface area contributed by atoms with Crippen LogP contribution in [0.4, 0.5) is 0 Å². The van der Waals surface area contributed by atoms with E-state index in [1.54, 1.807) is 31.2 Å². The number of aromatic nitrogens is 2. The second kappa shape index (κ2) is 22.1. The SMILES string of the molecule is C=CC(=O)N1CC[C@H](C(=O)N(C)C(C(=O)N[C@H]2Cc3cc(O)cc(c3)-c3ccc4c(c3)c(c(-c3cc(CN(C)CC)cnc3[C@H](C)OC)n4CC)CC(C)(C)COC(=O)[C@@H]3CCCN(N3)C2=O)C(C)C)C1. The molecule has 1 unspecified atom stereocenters. The van der Waals surface area contributed by atoms with Crippen molar-refractivity contribution in [1.82, 2.24) is 40.0 Å². The van der Waals surface area contributed by atoms with Gasteiger partial charge in [0.05, 0.1) is 30.0 Å². The normalized spacial score (nSPS) is 20.4. The van der Waals surface area contributed by atoms with Crippen molar-refractivity contribution in [2.45, 2.75) is 118 Å². The van der Waals surface area contributed by atoms with E-state index in [4.69, 9.17) is 14.5 Å². The highest BCUT2D eigenvalue weighted by atomic mass is 16.5. The summed E-state index contributed by atoms with van der Waals surface area (Å²) in [7, 11) is 5.36. The first-order valence-corrected chi connectivity index (χ1v) is 25.2. The number of fused-ring (bicyclic) bond motifs is 6. The topological polar surface area (TPSA) is 179 Å². The molecule has 5 atom stereocenters. The standard InChI is InChI=1S/C55H74N8O8/c1-12-47(65)61-21-19-38(31-61)52(67)60(10)49(33(4)5)51(66)57-45-25-35-22-39(26-40(64)23-35)37-17-18-46-41(27-37)43(28-55(7,8)32-71-54(69)44-16-15-20-63(58-44)53(45)68)50(62(46)14-3)42-24-36(30-59(9)13-2)29-56-48(42)34(6)70-11/h12,17-18,22-24,26-27,29,33-34,38,44-45,49,58,64H,1,13-16,19-21,25,28,30-32H2,2-11H3,(H,57,66)/t34-,38-,44-,45-,49?/m0/s1. The summed E-state index contributed by atoms with van der Waals surface area (Å²) < 4.78 is 14.4. The van der Waals surface area contributed by atoms with Crippen LogP contribution >= 0.6 is 0 Å². The van der Waals surface area contributed by atoms with Crippen LogP contribution in [0.5, 0.6) is 5.75 Å². The summed E-state index contributed by atoms with van der Waals surface area (Å²) in [5, 5.41) is 16.8. The highest BCUT2D eigenvalue weighted by molar-refractivity contribution is 5.96. The number of ether oxygens (including phenoxy) is 2. The Bertz CT molecular complexity index is 2660. The van der Waals surface area contributed by atoms with Gasteiger partial charge in [-0.15, -0.1) is 0 Å². The molecule has 0 spiro atoms. The third-order valence-corrected chi connectivity index (χ3v) is 14.5. The van der Waals surface area contributed by atoms with Gasteiger partial charge >= 0.3 is 5.97 Å². The van der Waals surface area contributed by atoms with Crippen molar-refractivity contribution < 1.29 is 38.6 Å². The molecule has 2 saturated heterocycles. The summed E-state index contributed by atoms with van der Waals surface area (Å²) in [6, 6.07) is 10.8. The molecule has 7 rings (SSSR count). The molecule has 6 bridgehead atoms. The number of aryl methyl sites for hydroxylation is 1. The van der Waals surface area contributed by atoms with Crippen molar-refractivity contribution in [3.63, 3.8) is 0 Å². The lowest BCUT2D eigenvalue weighted by atomic mass is 9.84. The van der Waals surface area contributed by atoms with Gasteiger partial charge in [-0.25, -0.2) is 5.43 Å². The van der Waals surface area contributed by atoms with Crippen LogP contribution in [0.25, 0.3) is 33.3 Å². The van der Waals surface area contributed by atoms with Crippen LogP contribution in [-0.2, 0) is 59.4 Å². The van der Waals surface area contributed by atoms with E-state index >= 15 is 0 Å². The number of hydrazine groups is 1. The Hall–Kier alpha value is -6.10. The lowest BCUT2D eigenvalue weighted by Gasteiger charge is -2.37. The predicted molar refractivity (Wildman–Crippen MR) is 274 cm³/mol. The van der Waals surface area contributed by atoms with Crippen molar-refractivity contribution in [2.75, 3.05) is 54.0 Å². The fourth-order valence-corrected chi connectivity index (χ4v) is 10.6. The number of likely N-dealkylation sites (tertiary alicyclic amines) is 1. The zero-order valence-corrected chi connectivity index (χ0v) is 43.3. The van der Waals surface area contributed by atoms with Crippen LogP contribution in [0.3, 0.4) is 0 Å². The summed E-state index contributed by atoms with van der Waals surface area (Å²) in [5.74, 6) is -2.88. The Labute approximate surface area is 418 Å². The molecule has 0 radical (unpaired) electrons. The first kappa shape index (κ1) is 52.7. The average Bonchev–Trinajstić information content (AvgIpc) is 3.96. The number of nitrogens with one attached hydrogen (secondary N) is 2. The number of phenolic OH excluding ortho intramolecular Hbond substituents is 1. The van der Waals surface area contributed by atoms with E-state index in [-0.39, 0.29) is 55.7 Å². The molecule has 2 aromatic carbocycles. The number of aromatic hydroxyl groups is 1. The molecule has 4 amide bonds. The van der Waals surface area contributed by atoms with E-state index in [0.29, 0.717) is 56.4 Å². The molecule has 382 valence electrons. The van der Waals surface area contributed by atoms with E-state index in [1.165, 1.54) is 16.0 Å². The van der Waals surface area contributed by atoms with Crippen LogP contribution in [0, 0.1) is 17.3 Å². The maximum atomic E-state index is 14.8. The predicted octanol–water partition coefficient (Wildman–Crippen LogP) is 6.42. The number of esters is 1. The maximum absolute atomic E-state index is 14.8. The first-order chi connectivity index (χ1) is 33.8. The lowest BCUT2D eigenvalue weighted by molar-refractivity contribution is -0.155. The number of methoxy groups -OCH3 is 1. The molecule has 0 aliphatic carbocycles. The zero-order chi connectivity index (χ0) is 51.5. The summed E-state index contributed by atoms with van der Waals surface area (Å²) in [6.45, 7) is 20.9. The van der Waals surface area contributed by atoms with Gasteiger partial charge in [-0.3, -0.25) is 34.0 Å². The minimum Gasteiger partial charge on any atom is -0.508 e. The second-order valence-corrected chi connectivity index (χ2v) is 20.8. The molecule has 2 fully saturated rings. The van der Waals surface area contributed by atoms with Crippen LogP contribution in [-0.4, -0.2) is 136 Å². The number of benzene rings is 2. The largest absolute Gasteiger partial charge is 0.508 e. The Kier molecular flexibility index (Phi) is 16.4. The molecule has 16 heteroatoms. The van der Waals surface area contributed by atoms with Crippen molar-refractivity contribution in [1.29, 1.82) is 0 Å². The van der Waals surface area contributed by atoms with Crippen molar-refractivity contribution in [3.05, 3.63) is 83.7 Å². The number of hydrogen-bond acceptors (Lipinski definition) is 11. The molecule has 3 aliphatic rings. The van der Waals surface area contributed by atoms with Gasteiger partial charge in [-0.05, 0) is 123 Å². The maximum Gasteiger partial charge on any atom is 0.324 e. The summed E-state index contributed by atoms with van der Waals surface area (Å²) >= 11 is 0. The summed E-state index contributed by atoms with van der Waals surface area (Å²) in [5.41, 5.74) is 10.6. The summed E-state index contributed by atoms with van der Waals surface area (Å²) in [4.78, 5) is 80.1. The smallest absolute Gasteiger partial charge is 0.324 e. The molecule has 71 heavy (non-hydrogen) atoms. The number of nitrogens with zero attached hydrogens (tertiary/aromatic N) is 6. The lowest BCUT2D eigenvalue weighted by Crippen LogP contribution is -2.62.